The van der Waals surface area contributed by atoms with Crippen molar-refractivity contribution in [3.05, 3.63) is 24.3 Å². The van der Waals surface area contributed by atoms with Gasteiger partial charge in [-0.15, -0.1) is 0 Å². The van der Waals surface area contributed by atoms with Crippen LogP contribution in [0.15, 0.2) is 24.3 Å². The van der Waals surface area contributed by atoms with Gasteiger partial charge in [0.15, 0.2) is 0 Å². The minimum Gasteiger partial charge on any atom is -0.506 e. The minimum absolute atomic E-state index is 0.370. The van der Waals surface area contributed by atoms with Crippen molar-refractivity contribution < 1.29 is 5.11 Å². The minimum atomic E-state index is 0.370. The third-order valence-electron chi connectivity index (χ3n) is 2.19. The molecule has 0 heterocycles. The Bertz CT molecular complexity index is 283. The van der Waals surface area contributed by atoms with Crippen LogP contribution >= 0.6 is 0 Å². The van der Waals surface area contributed by atoms with E-state index in [1.165, 1.54) is 0 Å². The second-order valence-corrected chi connectivity index (χ2v) is 3.92. The summed E-state index contributed by atoms with van der Waals surface area (Å²) < 4.78 is 0. The quantitative estimate of drug-likeness (QED) is 0.794. The predicted molar refractivity (Wildman–Crippen MR) is 60.8 cm³/mol. The average Bonchev–Trinajstić information content (AvgIpc) is 2.15. The van der Waals surface area contributed by atoms with Crippen LogP contribution in [-0.4, -0.2) is 18.2 Å². The fraction of sp³-hybridized carbons (Fsp3) is 0.500. The molecular formula is C12H19NO. The van der Waals surface area contributed by atoms with Gasteiger partial charge >= 0.3 is 0 Å². The van der Waals surface area contributed by atoms with Gasteiger partial charge in [-0.2, -0.15) is 0 Å². The van der Waals surface area contributed by atoms with E-state index in [4.69, 9.17) is 0 Å². The molecule has 0 atom stereocenters. The third-order valence-corrected chi connectivity index (χ3v) is 2.19. The third kappa shape index (κ3) is 2.66. The van der Waals surface area contributed by atoms with Gasteiger partial charge in [0.05, 0.1) is 5.69 Å². The number of phenolic OH excluding ortho intramolecular Hbond substituents is 1. The van der Waals surface area contributed by atoms with Crippen LogP contribution in [0.3, 0.4) is 0 Å². The summed E-state index contributed by atoms with van der Waals surface area (Å²) in [7, 11) is 0. The number of phenols is 1. The molecule has 2 nitrogen and oxygen atoms in total. The summed E-state index contributed by atoms with van der Waals surface area (Å²) in [6.45, 7) is 8.38. The summed E-state index contributed by atoms with van der Waals surface area (Å²) >= 11 is 0. The zero-order chi connectivity index (χ0) is 10.6. The van der Waals surface area contributed by atoms with Gasteiger partial charge in [-0.3, -0.25) is 0 Å². The zero-order valence-electron chi connectivity index (χ0n) is 9.20. The number of anilines is 1. The molecule has 0 bridgehead atoms. The lowest BCUT2D eigenvalue weighted by Gasteiger charge is -2.25. The Morgan fingerprint density at radius 3 is 2.43 bits per heavy atom. The summed E-state index contributed by atoms with van der Waals surface area (Å²) in [5, 5.41) is 9.68. The Hall–Kier alpha value is -1.18. The molecule has 0 aliphatic rings. The van der Waals surface area contributed by atoms with E-state index in [0.29, 0.717) is 11.7 Å². The zero-order valence-corrected chi connectivity index (χ0v) is 9.20. The van der Waals surface area contributed by atoms with Gasteiger partial charge in [0.2, 0.25) is 0 Å². The van der Waals surface area contributed by atoms with Gasteiger partial charge in [0.1, 0.15) is 5.75 Å². The summed E-state index contributed by atoms with van der Waals surface area (Å²) in [6, 6.07) is 7.50. The smallest absolute Gasteiger partial charge is 0.138 e. The summed E-state index contributed by atoms with van der Waals surface area (Å²) in [5.41, 5.74) is 0.934. The molecule has 2 heteroatoms. The number of para-hydroxylation sites is 2. The van der Waals surface area contributed by atoms with Crippen molar-refractivity contribution in [3.63, 3.8) is 0 Å². The largest absolute Gasteiger partial charge is 0.506 e. The maximum Gasteiger partial charge on any atom is 0.138 e. The van der Waals surface area contributed by atoms with Gasteiger partial charge in [-0.25, -0.2) is 0 Å². The number of aromatic hydroxyl groups is 1. The van der Waals surface area contributed by atoms with Gasteiger partial charge in [0, 0.05) is 13.1 Å². The number of hydrogen-bond donors (Lipinski definition) is 1. The second-order valence-electron chi connectivity index (χ2n) is 3.92. The lowest BCUT2D eigenvalue weighted by Crippen LogP contribution is -2.27. The number of benzene rings is 1. The monoisotopic (exact) mass is 193 g/mol. The van der Waals surface area contributed by atoms with Crippen LogP contribution < -0.4 is 4.90 Å². The van der Waals surface area contributed by atoms with Crippen molar-refractivity contribution >= 4 is 5.69 Å². The van der Waals surface area contributed by atoms with E-state index in [9.17, 15) is 5.11 Å². The molecule has 1 aromatic rings. The second kappa shape index (κ2) is 4.89. The highest BCUT2D eigenvalue weighted by Crippen LogP contribution is 2.26. The maximum atomic E-state index is 9.68. The highest BCUT2D eigenvalue weighted by atomic mass is 16.3. The molecule has 0 radical (unpaired) electrons. The summed E-state index contributed by atoms with van der Waals surface area (Å²) in [4.78, 5) is 2.19. The number of rotatable bonds is 4. The molecule has 14 heavy (non-hydrogen) atoms. The van der Waals surface area contributed by atoms with Crippen LogP contribution in [0.25, 0.3) is 0 Å². The van der Waals surface area contributed by atoms with E-state index in [1.54, 1.807) is 6.07 Å². The van der Waals surface area contributed by atoms with E-state index >= 15 is 0 Å². The highest BCUT2D eigenvalue weighted by Gasteiger charge is 2.09. The molecule has 0 saturated carbocycles. The predicted octanol–water partition coefficient (Wildman–Crippen LogP) is 2.87. The first-order valence-electron chi connectivity index (χ1n) is 5.18. The van der Waals surface area contributed by atoms with E-state index < -0.39 is 0 Å². The van der Waals surface area contributed by atoms with Gasteiger partial charge < -0.3 is 10.0 Å². The maximum absolute atomic E-state index is 9.68. The van der Waals surface area contributed by atoms with E-state index in [2.05, 4.69) is 25.7 Å². The first-order chi connectivity index (χ1) is 6.65. The van der Waals surface area contributed by atoms with Crippen LogP contribution in [0.1, 0.15) is 20.8 Å². The first-order valence-corrected chi connectivity index (χ1v) is 5.18. The van der Waals surface area contributed by atoms with Gasteiger partial charge in [-0.1, -0.05) is 26.0 Å². The van der Waals surface area contributed by atoms with Gasteiger partial charge in [0.25, 0.3) is 0 Å². The van der Waals surface area contributed by atoms with E-state index in [1.807, 2.05) is 18.2 Å². The molecule has 0 saturated heterocycles. The van der Waals surface area contributed by atoms with Crippen molar-refractivity contribution in [2.45, 2.75) is 20.8 Å². The Labute approximate surface area is 86.2 Å². The topological polar surface area (TPSA) is 23.5 Å². The lowest BCUT2D eigenvalue weighted by molar-refractivity contribution is 0.472. The highest BCUT2D eigenvalue weighted by molar-refractivity contribution is 5.57. The normalized spacial score (nSPS) is 10.6. The van der Waals surface area contributed by atoms with E-state index in [-0.39, 0.29) is 0 Å². The van der Waals surface area contributed by atoms with Crippen molar-refractivity contribution in [2.75, 3.05) is 18.0 Å². The molecule has 1 N–H and O–H groups in total. The SMILES string of the molecule is CCN(CC(C)C)c1ccccc1O. The molecule has 0 amide bonds. The molecular weight excluding hydrogens is 174 g/mol. The fourth-order valence-electron chi connectivity index (χ4n) is 1.57. The summed E-state index contributed by atoms with van der Waals surface area (Å²) in [5.74, 6) is 0.976. The fourth-order valence-corrected chi connectivity index (χ4v) is 1.57. The van der Waals surface area contributed by atoms with Crippen LogP contribution in [0, 0.1) is 5.92 Å². The molecule has 0 aliphatic heterocycles. The molecule has 0 aromatic heterocycles. The van der Waals surface area contributed by atoms with E-state index in [0.717, 1.165) is 18.8 Å². The van der Waals surface area contributed by atoms with Crippen LogP contribution in [0.2, 0.25) is 0 Å². The van der Waals surface area contributed by atoms with Gasteiger partial charge in [-0.05, 0) is 25.0 Å². The Morgan fingerprint density at radius 2 is 1.93 bits per heavy atom. The van der Waals surface area contributed by atoms with Crippen LogP contribution in [-0.2, 0) is 0 Å². The Balaban J connectivity index is 2.83. The molecule has 0 aliphatic carbocycles. The average molecular weight is 193 g/mol. The van der Waals surface area contributed by atoms with Crippen molar-refractivity contribution in [1.82, 2.24) is 0 Å². The molecule has 0 unspecified atom stereocenters. The lowest BCUT2D eigenvalue weighted by atomic mass is 10.2. The number of nitrogens with zero attached hydrogens (tertiary/aromatic N) is 1. The van der Waals surface area contributed by atoms with Crippen molar-refractivity contribution in [1.29, 1.82) is 0 Å². The number of hydrogen-bond acceptors (Lipinski definition) is 2. The molecule has 1 rings (SSSR count). The summed E-state index contributed by atoms with van der Waals surface area (Å²) in [6.07, 6.45) is 0. The molecule has 78 valence electrons. The van der Waals surface area contributed by atoms with Crippen molar-refractivity contribution in [3.8, 4) is 5.75 Å². The molecule has 0 spiro atoms. The van der Waals surface area contributed by atoms with Crippen molar-refractivity contribution in [2.24, 2.45) is 5.92 Å². The molecule has 0 fully saturated rings. The van der Waals surface area contributed by atoms with Crippen LogP contribution in [0.5, 0.6) is 5.75 Å². The first kappa shape index (κ1) is 10.9. The standard InChI is InChI=1S/C12H19NO/c1-4-13(9-10(2)3)11-7-5-6-8-12(11)14/h5-8,10,14H,4,9H2,1-3H3. The Kier molecular flexibility index (Phi) is 3.81. The Morgan fingerprint density at radius 1 is 1.29 bits per heavy atom. The molecule has 1 aromatic carbocycles. The van der Waals surface area contributed by atoms with Crippen LogP contribution in [0.4, 0.5) is 5.69 Å².